The average molecular weight is 235 g/mol. The van der Waals surface area contributed by atoms with Crippen LogP contribution in [0.2, 0.25) is 0 Å². The number of nitrogen functional groups attached to an aromatic ring is 1. The third-order valence-electron chi connectivity index (χ3n) is 3.81. The summed E-state index contributed by atoms with van der Waals surface area (Å²) in [5.74, 6) is 0.668. The molecule has 2 rings (SSSR count). The Bertz CT molecular complexity index is 399. The van der Waals surface area contributed by atoms with Crippen LogP contribution in [-0.4, -0.2) is 9.55 Å². The summed E-state index contributed by atoms with van der Waals surface area (Å²) in [6.45, 7) is 11.5. The molecule has 1 aliphatic carbocycles. The first-order chi connectivity index (χ1) is 7.69. The van der Waals surface area contributed by atoms with Crippen molar-refractivity contribution in [3.8, 4) is 0 Å². The van der Waals surface area contributed by atoms with E-state index in [1.165, 1.54) is 19.3 Å². The summed E-state index contributed by atoms with van der Waals surface area (Å²) >= 11 is 0. The zero-order valence-corrected chi connectivity index (χ0v) is 11.7. The van der Waals surface area contributed by atoms with Crippen molar-refractivity contribution in [2.75, 3.05) is 5.73 Å². The third-order valence-corrected chi connectivity index (χ3v) is 3.81. The van der Waals surface area contributed by atoms with Crippen LogP contribution in [0.5, 0.6) is 0 Å². The molecule has 1 aliphatic rings. The van der Waals surface area contributed by atoms with Crippen LogP contribution in [0.1, 0.15) is 58.7 Å². The normalized spacial score (nSPS) is 23.8. The quantitative estimate of drug-likeness (QED) is 0.809. The molecule has 0 aromatic carbocycles. The predicted octanol–water partition coefficient (Wildman–Crippen LogP) is 3.55. The van der Waals surface area contributed by atoms with Gasteiger partial charge in [-0.3, -0.25) is 0 Å². The summed E-state index contributed by atoms with van der Waals surface area (Å²) in [5, 5.41) is 0. The fourth-order valence-electron chi connectivity index (χ4n) is 3.81. The molecule has 0 atom stereocenters. The van der Waals surface area contributed by atoms with Gasteiger partial charge in [0.2, 0.25) is 5.95 Å². The Balaban J connectivity index is 2.30. The number of hydrogen-bond donors (Lipinski definition) is 1. The van der Waals surface area contributed by atoms with Crippen molar-refractivity contribution in [2.24, 2.45) is 10.8 Å². The lowest BCUT2D eigenvalue weighted by Crippen LogP contribution is -2.35. The van der Waals surface area contributed by atoms with Gasteiger partial charge >= 0.3 is 0 Å². The number of nitrogens with zero attached hydrogens (tertiary/aromatic N) is 2. The number of anilines is 1. The SMILES string of the molecule is Cc1cn(C2CC(C)(C)CC(C)(C)C2)c(N)n1. The Kier molecular flexibility index (Phi) is 2.75. The van der Waals surface area contributed by atoms with E-state index in [1.54, 1.807) is 0 Å². The van der Waals surface area contributed by atoms with Crippen LogP contribution in [0.15, 0.2) is 6.20 Å². The van der Waals surface area contributed by atoms with Crippen molar-refractivity contribution in [1.29, 1.82) is 0 Å². The smallest absolute Gasteiger partial charge is 0.200 e. The third kappa shape index (κ3) is 2.64. The first kappa shape index (κ1) is 12.5. The number of imidazole rings is 1. The maximum atomic E-state index is 6.00. The van der Waals surface area contributed by atoms with Crippen LogP contribution in [-0.2, 0) is 0 Å². The van der Waals surface area contributed by atoms with E-state index in [2.05, 4.69) is 43.4 Å². The van der Waals surface area contributed by atoms with E-state index in [4.69, 9.17) is 5.73 Å². The van der Waals surface area contributed by atoms with Crippen LogP contribution < -0.4 is 5.73 Å². The number of aryl methyl sites for hydroxylation is 1. The van der Waals surface area contributed by atoms with Crippen LogP contribution in [0.3, 0.4) is 0 Å². The zero-order valence-electron chi connectivity index (χ0n) is 11.7. The largest absolute Gasteiger partial charge is 0.369 e. The zero-order chi connectivity index (χ0) is 12.8. The maximum Gasteiger partial charge on any atom is 0.200 e. The van der Waals surface area contributed by atoms with E-state index < -0.39 is 0 Å². The Hall–Kier alpha value is -0.990. The molecular formula is C14H25N3. The summed E-state index contributed by atoms with van der Waals surface area (Å²) in [7, 11) is 0. The lowest BCUT2D eigenvalue weighted by atomic mass is 9.63. The van der Waals surface area contributed by atoms with Crippen LogP contribution in [0.4, 0.5) is 5.95 Å². The van der Waals surface area contributed by atoms with Crippen molar-refractivity contribution in [3.05, 3.63) is 11.9 Å². The molecule has 1 aromatic rings. The minimum atomic E-state index is 0.386. The maximum absolute atomic E-state index is 6.00. The molecule has 3 heteroatoms. The van der Waals surface area contributed by atoms with E-state index in [0.717, 1.165) is 5.69 Å². The lowest BCUT2D eigenvalue weighted by molar-refractivity contribution is 0.0731. The highest BCUT2D eigenvalue weighted by Gasteiger charge is 2.39. The number of aromatic nitrogens is 2. The van der Waals surface area contributed by atoms with E-state index in [1.807, 2.05) is 6.92 Å². The minimum Gasteiger partial charge on any atom is -0.369 e. The molecule has 1 aromatic heterocycles. The second-order valence-electron chi connectivity index (χ2n) is 7.22. The molecule has 3 nitrogen and oxygen atoms in total. The Morgan fingerprint density at radius 2 is 1.76 bits per heavy atom. The summed E-state index contributed by atoms with van der Waals surface area (Å²) in [6.07, 6.45) is 5.76. The predicted molar refractivity (Wildman–Crippen MR) is 71.8 cm³/mol. The van der Waals surface area contributed by atoms with E-state index in [9.17, 15) is 0 Å². The standard InChI is InChI=1S/C14H25N3/c1-10-8-17(12(15)16-10)11-6-13(2,3)9-14(4,5)7-11/h8,11H,6-7,9H2,1-5H3,(H2,15,16). The molecule has 0 radical (unpaired) electrons. The van der Waals surface area contributed by atoms with Crippen molar-refractivity contribution in [3.63, 3.8) is 0 Å². The van der Waals surface area contributed by atoms with Gasteiger partial charge in [-0.15, -0.1) is 0 Å². The lowest BCUT2D eigenvalue weighted by Gasteiger charge is -2.45. The van der Waals surface area contributed by atoms with Crippen LogP contribution in [0, 0.1) is 17.8 Å². The van der Waals surface area contributed by atoms with Crippen molar-refractivity contribution in [2.45, 2.75) is 59.9 Å². The molecule has 17 heavy (non-hydrogen) atoms. The molecule has 0 unspecified atom stereocenters. The molecule has 1 saturated carbocycles. The first-order valence-electron chi connectivity index (χ1n) is 6.50. The number of hydrogen-bond acceptors (Lipinski definition) is 2. The summed E-state index contributed by atoms with van der Waals surface area (Å²) in [5.41, 5.74) is 7.79. The molecule has 0 bridgehead atoms. The highest BCUT2D eigenvalue weighted by Crippen LogP contribution is 2.50. The van der Waals surface area contributed by atoms with Gasteiger partial charge in [-0.25, -0.2) is 4.98 Å². The second kappa shape index (κ2) is 3.76. The van der Waals surface area contributed by atoms with Gasteiger partial charge < -0.3 is 10.3 Å². The van der Waals surface area contributed by atoms with E-state index in [0.29, 0.717) is 22.8 Å². The molecule has 96 valence electrons. The van der Waals surface area contributed by atoms with Crippen molar-refractivity contribution in [1.82, 2.24) is 9.55 Å². The molecule has 1 fully saturated rings. The summed E-state index contributed by atoms with van der Waals surface area (Å²) in [4.78, 5) is 4.32. The first-order valence-corrected chi connectivity index (χ1v) is 6.50. The van der Waals surface area contributed by atoms with E-state index in [-0.39, 0.29) is 0 Å². The van der Waals surface area contributed by atoms with Gasteiger partial charge in [0.05, 0.1) is 5.69 Å². The van der Waals surface area contributed by atoms with Crippen LogP contribution in [0.25, 0.3) is 0 Å². The fourth-order valence-corrected chi connectivity index (χ4v) is 3.81. The van der Waals surface area contributed by atoms with Gasteiger partial charge in [0.15, 0.2) is 0 Å². The fraction of sp³-hybridized carbons (Fsp3) is 0.786. The highest BCUT2D eigenvalue weighted by molar-refractivity contribution is 5.23. The Labute approximate surface area is 104 Å². The van der Waals surface area contributed by atoms with Crippen molar-refractivity contribution >= 4 is 5.95 Å². The summed E-state index contributed by atoms with van der Waals surface area (Å²) in [6, 6.07) is 0.495. The van der Waals surface area contributed by atoms with Gasteiger partial charge in [0, 0.05) is 12.2 Å². The number of nitrogens with two attached hydrogens (primary N) is 1. The molecule has 0 aliphatic heterocycles. The van der Waals surface area contributed by atoms with Gasteiger partial charge in [0.25, 0.3) is 0 Å². The molecule has 0 spiro atoms. The number of rotatable bonds is 1. The van der Waals surface area contributed by atoms with Gasteiger partial charge in [-0.2, -0.15) is 0 Å². The average Bonchev–Trinajstić information content (AvgIpc) is 2.39. The van der Waals surface area contributed by atoms with Crippen LogP contribution >= 0.6 is 0 Å². The Morgan fingerprint density at radius 1 is 1.24 bits per heavy atom. The summed E-state index contributed by atoms with van der Waals surface area (Å²) < 4.78 is 2.18. The minimum absolute atomic E-state index is 0.386. The highest BCUT2D eigenvalue weighted by atomic mass is 15.2. The monoisotopic (exact) mass is 235 g/mol. The topological polar surface area (TPSA) is 43.8 Å². The molecular weight excluding hydrogens is 210 g/mol. The molecule has 1 heterocycles. The second-order valence-corrected chi connectivity index (χ2v) is 7.22. The van der Waals surface area contributed by atoms with Gasteiger partial charge in [0.1, 0.15) is 0 Å². The molecule has 0 amide bonds. The molecule has 0 saturated heterocycles. The van der Waals surface area contributed by atoms with E-state index >= 15 is 0 Å². The van der Waals surface area contributed by atoms with Crippen molar-refractivity contribution < 1.29 is 0 Å². The Morgan fingerprint density at radius 3 is 2.18 bits per heavy atom. The van der Waals surface area contributed by atoms with Gasteiger partial charge in [-0.1, -0.05) is 27.7 Å². The van der Waals surface area contributed by atoms with Gasteiger partial charge in [-0.05, 0) is 37.0 Å². The molecule has 2 N–H and O–H groups in total.